The highest BCUT2D eigenvalue weighted by atomic mass is 35.5. The van der Waals surface area contributed by atoms with Crippen LogP contribution >= 0.6 is 35.6 Å². The molecule has 1 fully saturated rings. The van der Waals surface area contributed by atoms with Gasteiger partial charge in [-0.05, 0) is 55.0 Å². The molecule has 33 heavy (non-hydrogen) atoms. The van der Waals surface area contributed by atoms with Gasteiger partial charge in [0.15, 0.2) is 10.5 Å². The van der Waals surface area contributed by atoms with E-state index in [-0.39, 0.29) is 5.75 Å². The second-order valence-electron chi connectivity index (χ2n) is 7.94. The first-order valence-corrected chi connectivity index (χ1v) is 11.6. The number of carbonyl (C=O) groups is 1. The van der Waals surface area contributed by atoms with Gasteiger partial charge in [0.05, 0.1) is 11.0 Å². The molecule has 4 rings (SSSR count). The average molecular weight is 501 g/mol. The normalized spacial score (nSPS) is 17.6. The van der Waals surface area contributed by atoms with Gasteiger partial charge in [0.2, 0.25) is 0 Å². The number of nitrogens with one attached hydrogen (secondary N) is 1. The molecule has 0 radical (unpaired) electrons. The van der Waals surface area contributed by atoms with Crippen molar-refractivity contribution in [2.45, 2.75) is 24.8 Å². The van der Waals surface area contributed by atoms with E-state index in [1.165, 1.54) is 23.0 Å². The van der Waals surface area contributed by atoms with Crippen molar-refractivity contribution in [1.82, 2.24) is 10.1 Å². The van der Waals surface area contributed by atoms with Gasteiger partial charge in [-0.25, -0.2) is 9.80 Å². The number of carbonyl (C=O) groups excluding carboxylic acids is 1. The topological polar surface area (TPSA) is 88.4 Å². The lowest BCUT2D eigenvalue weighted by atomic mass is 10.0. The molecular formula is C23H21ClN4O3S2. The van der Waals surface area contributed by atoms with E-state index >= 15 is 0 Å². The Morgan fingerprint density at radius 1 is 1.21 bits per heavy atom. The zero-order chi connectivity index (χ0) is 23.8. The van der Waals surface area contributed by atoms with E-state index in [1.807, 2.05) is 44.2 Å². The first kappa shape index (κ1) is 23.3. The number of nitrogens with zero attached hydrogens (tertiary/aromatic N) is 3. The van der Waals surface area contributed by atoms with Crippen molar-refractivity contribution in [1.29, 1.82) is 0 Å². The number of anilines is 1. The standard InChI is InChI=1S/C23H21ClN4O3S2/c1-23(2)20(28(31)21(30)26-16-10-8-15(24)9-11-16)27(22(32)33-23)25-13-18-17-6-4-3-5-14(17)7-12-19(18)29/h3-13,20,29,31H,1-2H3,(H,26,30). The number of amides is 2. The zero-order valence-electron chi connectivity index (χ0n) is 17.8. The molecule has 1 aliphatic rings. The number of benzene rings is 3. The summed E-state index contributed by atoms with van der Waals surface area (Å²) in [6.07, 6.45) is 0.597. The molecule has 10 heteroatoms. The third-order valence-corrected chi connectivity index (χ3v) is 6.97. The number of fused-ring (bicyclic) bond motifs is 1. The molecule has 1 atom stereocenters. The van der Waals surface area contributed by atoms with Gasteiger partial charge in [-0.15, -0.1) is 0 Å². The van der Waals surface area contributed by atoms with Crippen LogP contribution < -0.4 is 5.32 Å². The van der Waals surface area contributed by atoms with Crippen LogP contribution in [0, 0.1) is 0 Å². The summed E-state index contributed by atoms with van der Waals surface area (Å²) in [5, 5.41) is 32.6. The van der Waals surface area contributed by atoms with Crippen molar-refractivity contribution in [3.63, 3.8) is 0 Å². The summed E-state index contributed by atoms with van der Waals surface area (Å²) in [6.45, 7) is 3.72. The van der Waals surface area contributed by atoms with Gasteiger partial charge in [0.25, 0.3) is 0 Å². The van der Waals surface area contributed by atoms with Crippen LogP contribution in [-0.4, -0.2) is 47.9 Å². The number of urea groups is 1. The van der Waals surface area contributed by atoms with Crippen LogP contribution in [0.25, 0.3) is 10.8 Å². The van der Waals surface area contributed by atoms with Gasteiger partial charge < -0.3 is 10.4 Å². The fourth-order valence-corrected chi connectivity index (χ4v) is 5.50. The molecule has 0 bridgehead atoms. The first-order valence-electron chi connectivity index (χ1n) is 9.99. The Morgan fingerprint density at radius 3 is 2.64 bits per heavy atom. The number of thioether (sulfide) groups is 1. The lowest BCUT2D eigenvalue weighted by molar-refractivity contribution is -0.114. The highest BCUT2D eigenvalue weighted by molar-refractivity contribution is 8.24. The molecule has 1 aliphatic heterocycles. The SMILES string of the molecule is CC1(C)SC(=S)N(N=Cc2c(O)ccc3ccccc23)C1N(O)C(=O)Nc1ccc(Cl)cc1. The van der Waals surface area contributed by atoms with E-state index in [1.54, 1.807) is 30.3 Å². The minimum absolute atomic E-state index is 0.0624. The van der Waals surface area contributed by atoms with Crippen molar-refractivity contribution < 1.29 is 15.1 Å². The van der Waals surface area contributed by atoms with Crippen molar-refractivity contribution in [3.05, 3.63) is 71.2 Å². The van der Waals surface area contributed by atoms with Crippen LogP contribution in [0.1, 0.15) is 19.4 Å². The molecule has 1 unspecified atom stereocenters. The van der Waals surface area contributed by atoms with E-state index in [4.69, 9.17) is 23.8 Å². The van der Waals surface area contributed by atoms with Crippen LogP contribution in [0.15, 0.2) is 65.8 Å². The number of rotatable bonds is 4. The first-order chi connectivity index (χ1) is 15.7. The Hall–Kier alpha value is -2.85. The Kier molecular flexibility index (Phi) is 6.49. The van der Waals surface area contributed by atoms with Gasteiger partial charge in [0.1, 0.15) is 5.75 Å². The van der Waals surface area contributed by atoms with Crippen LogP contribution in [0.3, 0.4) is 0 Å². The van der Waals surface area contributed by atoms with Crippen molar-refractivity contribution >= 4 is 68.6 Å². The zero-order valence-corrected chi connectivity index (χ0v) is 20.2. The van der Waals surface area contributed by atoms with E-state index in [0.717, 1.165) is 10.8 Å². The molecule has 1 heterocycles. The third-order valence-electron chi connectivity index (χ3n) is 5.19. The maximum absolute atomic E-state index is 12.8. The van der Waals surface area contributed by atoms with Crippen LogP contribution in [0.2, 0.25) is 5.02 Å². The maximum Gasteiger partial charge on any atom is 0.347 e. The van der Waals surface area contributed by atoms with Gasteiger partial charge in [-0.2, -0.15) is 10.2 Å². The summed E-state index contributed by atoms with van der Waals surface area (Å²) in [6, 6.07) is 16.8. The molecule has 170 valence electrons. The molecule has 0 saturated carbocycles. The number of hydrazone groups is 1. The predicted octanol–water partition coefficient (Wildman–Crippen LogP) is 5.89. The van der Waals surface area contributed by atoms with Crippen molar-refractivity contribution in [2.75, 3.05) is 5.32 Å². The summed E-state index contributed by atoms with van der Waals surface area (Å²) in [5.74, 6) is 0.0624. The number of thiocarbonyl (C=S) groups is 1. The summed E-state index contributed by atoms with van der Waals surface area (Å²) >= 11 is 12.7. The minimum Gasteiger partial charge on any atom is -0.507 e. The molecule has 3 aromatic carbocycles. The van der Waals surface area contributed by atoms with Crippen molar-refractivity contribution in [3.8, 4) is 5.75 Å². The second-order valence-corrected chi connectivity index (χ2v) is 10.7. The van der Waals surface area contributed by atoms with E-state index in [9.17, 15) is 15.1 Å². The lowest BCUT2D eigenvalue weighted by Gasteiger charge is -2.34. The molecule has 1 saturated heterocycles. The number of hydrogen-bond acceptors (Lipinski definition) is 6. The van der Waals surface area contributed by atoms with Gasteiger partial charge in [-0.1, -0.05) is 65.9 Å². The van der Waals surface area contributed by atoms with E-state index in [0.29, 0.717) is 25.7 Å². The Morgan fingerprint density at radius 2 is 1.91 bits per heavy atom. The highest BCUT2D eigenvalue weighted by Gasteiger charge is 2.50. The molecule has 3 aromatic rings. The number of phenols is 1. The molecule has 3 N–H and O–H groups in total. The van der Waals surface area contributed by atoms with E-state index < -0.39 is 16.9 Å². The molecule has 0 spiro atoms. The highest BCUT2D eigenvalue weighted by Crippen LogP contribution is 2.43. The number of phenolic OH excluding ortho intramolecular Hbond substituents is 1. The maximum atomic E-state index is 12.8. The van der Waals surface area contributed by atoms with Gasteiger partial charge in [0, 0.05) is 16.3 Å². The molecule has 2 amide bonds. The smallest absolute Gasteiger partial charge is 0.347 e. The Balaban J connectivity index is 1.63. The predicted molar refractivity (Wildman–Crippen MR) is 137 cm³/mol. The number of hydrogen-bond donors (Lipinski definition) is 3. The monoisotopic (exact) mass is 500 g/mol. The minimum atomic E-state index is -0.893. The van der Waals surface area contributed by atoms with Gasteiger partial charge in [-0.3, -0.25) is 5.21 Å². The second kappa shape index (κ2) is 9.18. The number of hydroxylamine groups is 2. The summed E-state index contributed by atoms with van der Waals surface area (Å²) in [7, 11) is 0. The van der Waals surface area contributed by atoms with E-state index in [2.05, 4.69) is 10.4 Å². The molecule has 7 nitrogen and oxygen atoms in total. The Labute approximate surface area is 205 Å². The van der Waals surface area contributed by atoms with Gasteiger partial charge >= 0.3 is 6.03 Å². The molecule has 0 aromatic heterocycles. The Bertz CT molecular complexity index is 1250. The van der Waals surface area contributed by atoms with Crippen LogP contribution in [0.5, 0.6) is 5.75 Å². The fourth-order valence-electron chi connectivity index (χ4n) is 3.59. The number of aromatic hydroxyl groups is 1. The third kappa shape index (κ3) is 4.77. The summed E-state index contributed by atoms with van der Waals surface area (Å²) < 4.78 is -0.277. The largest absolute Gasteiger partial charge is 0.507 e. The fraction of sp³-hybridized carbons (Fsp3) is 0.174. The molecule has 0 aliphatic carbocycles. The summed E-state index contributed by atoms with van der Waals surface area (Å²) in [5.41, 5.74) is 0.990. The quantitative estimate of drug-likeness (QED) is 0.179. The number of halogens is 1. The molecular weight excluding hydrogens is 480 g/mol. The average Bonchev–Trinajstić information content (AvgIpc) is 3.01. The van der Waals surface area contributed by atoms with Crippen molar-refractivity contribution in [2.24, 2.45) is 5.10 Å². The van der Waals surface area contributed by atoms with Crippen LogP contribution in [-0.2, 0) is 0 Å². The summed E-state index contributed by atoms with van der Waals surface area (Å²) in [4.78, 5) is 12.8. The lowest BCUT2D eigenvalue weighted by Crippen LogP contribution is -2.54. The van der Waals surface area contributed by atoms with Crippen LogP contribution in [0.4, 0.5) is 10.5 Å².